The molecule has 0 aromatic heterocycles. The maximum atomic E-state index is 12.8. The number of nitrogens with zero attached hydrogens (tertiary/aromatic N) is 2. The number of sulfone groups is 1. The van der Waals surface area contributed by atoms with Crippen LogP contribution in [0.4, 0.5) is 0 Å². The lowest BCUT2D eigenvalue weighted by molar-refractivity contribution is -0.134. The van der Waals surface area contributed by atoms with Crippen LogP contribution in [0.25, 0.3) is 0 Å². The minimum Gasteiger partial charge on any atom is -0.355 e. The molecule has 2 rings (SSSR count). The van der Waals surface area contributed by atoms with Crippen molar-refractivity contribution in [3.8, 4) is 0 Å². The van der Waals surface area contributed by atoms with Crippen molar-refractivity contribution in [3.05, 3.63) is 35.4 Å². The summed E-state index contributed by atoms with van der Waals surface area (Å²) in [5.74, 6) is 0.0671. The van der Waals surface area contributed by atoms with E-state index in [4.69, 9.17) is 0 Å². The molecule has 150 valence electrons. The zero-order valence-corrected chi connectivity index (χ0v) is 17.1. The zero-order valence-electron chi connectivity index (χ0n) is 16.3. The average molecular weight is 396 g/mol. The third kappa shape index (κ3) is 6.04. The number of benzene rings is 1. The van der Waals surface area contributed by atoms with Crippen LogP contribution in [0.2, 0.25) is 0 Å². The Balaban J connectivity index is 1.95. The van der Waals surface area contributed by atoms with Crippen molar-refractivity contribution in [1.82, 2.24) is 15.1 Å². The zero-order chi connectivity index (χ0) is 20.0. The van der Waals surface area contributed by atoms with Gasteiger partial charge in [0.1, 0.15) is 0 Å². The first-order valence-electron chi connectivity index (χ1n) is 9.25. The summed E-state index contributed by atoms with van der Waals surface area (Å²) in [7, 11) is 0.429. The van der Waals surface area contributed by atoms with Gasteiger partial charge in [0.05, 0.1) is 18.1 Å². The second-order valence-corrected chi connectivity index (χ2v) is 9.32. The highest BCUT2D eigenvalue weighted by Gasteiger charge is 2.34. The minimum atomic E-state index is -3.02. The molecule has 0 bridgehead atoms. The summed E-state index contributed by atoms with van der Waals surface area (Å²) in [5, 5.41) is 2.58. The minimum absolute atomic E-state index is 0.0385. The number of likely N-dealkylation sites (N-methyl/N-ethyl adjacent to an activating group) is 1. The van der Waals surface area contributed by atoms with Crippen LogP contribution in [-0.2, 0) is 21.2 Å². The number of hydrogen-bond donors (Lipinski definition) is 1. The highest BCUT2D eigenvalue weighted by Crippen LogP contribution is 2.18. The van der Waals surface area contributed by atoms with Gasteiger partial charge in [0.25, 0.3) is 5.91 Å². The quantitative estimate of drug-likeness (QED) is 0.707. The van der Waals surface area contributed by atoms with Crippen molar-refractivity contribution >= 4 is 21.7 Å². The molecule has 1 aliphatic rings. The molecule has 1 heterocycles. The van der Waals surface area contributed by atoms with Crippen LogP contribution in [-0.4, -0.2) is 74.8 Å². The Morgan fingerprint density at radius 3 is 2.41 bits per heavy atom. The lowest BCUT2D eigenvalue weighted by Gasteiger charge is -2.30. The summed E-state index contributed by atoms with van der Waals surface area (Å²) < 4.78 is 23.5. The molecule has 0 aliphatic carbocycles. The molecular weight excluding hydrogens is 366 g/mol. The summed E-state index contributed by atoms with van der Waals surface area (Å²) in [6.07, 6.45) is 1.33. The first-order chi connectivity index (χ1) is 12.8. The third-order valence-corrected chi connectivity index (χ3v) is 6.49. The smallest absolute Gasteiger partial charge is 0.251 e. The summed E-state index contributed by atoms with van der Waals surface area (Å²) in [4.78, 5) is 28.0. The van der Waals surface area contributed by atoms with E-state index in [0.29, 0.717) is 25.1 Å². The van der Waals surface area contributed by atoms with E-state index < -0.39 is 9.84 Å². The number of carbonyl (C=O) groups excluding carboxylic acids is 2. The van der Waals surface area contributed by atoms with Gasteiger partial charge in [0.15, 0.2) is 9.84 Å². The van der Waals surface area contributed by atoms with Gasteiger partial charge in [-0.2, -0.15) is 0 Å². The highest BCUT2D eigenvalue weighted by molar-refractivity contribution is 7.91. The molecule has 1 aliphatic heterocycles. The normalized spacial score (nSPS) is 18.4. The Labute approximate surface area is 161 Å². The van der Waals surface area contributed by atoms with Gasteiger partial charge in [0, 0.05) is 31.7 Å². The molecule has 2 amide bonds. The predicted octanol–water partition coefficient (Wildman–Crippen LogP) is 0.904. The SMILES string of the molecule is CCCN(C(=O)CN(C)Cc1ccc(C(=O)NC)cc1)[C@H]1CCS(=O)(=O)C1. The van der Waals surface area contributed by atoms with E-state index in [1.54, 1.807) is 24.1 Å². The number of carbonyl (C=O) groups is 2. The van der Waals surface area contributed by atoms with Gasteiger partial charge in [-0.15, -0.1) is 0 Å². The Bertz CT molecular complexity index is 762. The molecule has 1 aromatic carbocycles. The summed E-state index contributed by atoms with van der Waals surface area (Å²) in [5.41, 5.74) is 1.60. The van der Waals surface area contributed by atoms with E-state index in [1.165, 1.54) is 0 Å². The van der Waals surface area contributed by atoms with Gasteiger partial charge in [-0.3, -0.25) is 14.5 Å². The van der Waals surface area contributed by atoms with Crippen molar-refractivity contribution in [2.24, 2.45) is 0 Å². The van der Waals surface area contributed by atoms with Crippen LogP contribution in [0.1, 0.15) is 35.7 Å². The van der Waals surface area contributed by atoms with Crippen LogP contribution in [0, 0.1) is 0 Å². The van der Waals surface area contributed by atoms with E-state index in [-0.39, 0.29) is 35.9 Å². The molecule has 1 saturated heterocycles. The lowest BCUT2D eigenvalue weighted by Crippen LogP contribution is -2.45. The first-order valence-corrected chi connectivity index (χ1v) is 11.1. The van der Waals surface area contributed by atoms with Gasteiger partial charge in [0.2, 0.25) is 5.91 Å². The van der Waals surface area contributed by atoms with Gasteiger partial charge in [-0.1, -0.05) is 19.1 Å². The first kappa shape index (κ1) is 21.4. The molecule has 8 heteroatoms. The van der Waals surface area contributed by atoms with E-state index in [0.717, 1.165) is 12.0 Å². The van der Waals surface area contributed by atoms with Gasteiger partial charge in [-0.25, -0.2) is 8.42 Å². The second-order valence-electron chi connectivity index (χ2n) is 7.09. The molecule has 1 atom stereocenters. The topological polar surface area (TPSA) is 86.8 Å². The van der Waals surface area contributed by atoms with Gasteiger partial charge in [-0.05, 0) is 37.6 Å². The molecular formula is C19H29N3O4S. The summed E-state index contributed by atoms with van der Waals surface area (Å²) in [6, 6.07) is 7.06. The Morgan fingerprint density at radius 2 is 1.89 bits per heavy atom. The van der Waals surface area contributed by atoms with E-state index in [2.05, 4.69) is 5.32 Å². The molecule has 0 spiro atoms. The number of rotatable bonds is 8. The lowest BCUT2D eigenvalue weighted by atomic mass is 10.1. The summed E-state index contributed by atoms with van der Waals surface area (Å²) in [6.45, 7) is 3.37. The maximum absolute atomic E-state index is 12.8. The van der Waals surface area contributed by atoms with Gasteiger partial charge >= 0.3 is 0 Å². The van der Waals surface area contributed by atoms with Crippen LogP contribution in [0.3, 0.4) is 0 Å². The average Bonchev–Trinajstić information content (AvgIpc) is 2.98. The van der Waals surface area contributed by atoms with Crippen LogP contribution < -0.4 is 5.32 Å². The maximum Gasteiger partial charge on any atom is 0.251 e. The predicted molar refractivity (Wildman–Crippen MR) is 105 cm³/mol. The Hall–Kier alpha value is -1.93. The van der Waals surface area contributed by atoms with Crippen molar-refractivity contribution in [1.29, 1.82) is 0 Å². The van der Waals surface area contributed by atoms with E-state index in [9.17, 15) is 18.0 Å². The fraction of sp³-hybridized carbons (Fsp3) is 0.579. The fourth-order valence-corrected chi connectivity index (χ4v) is 5.10. The van der Waals surface area contributed by atoms with Crippen LogP contribution in [0.5, 0.6) is 0 Å². The molecule has 1 aromatic rings. The molecule has 27 heavy (non-hydrogen) atoms. The number of amides is 2. The Kier molecular flexibility index (Phi) is 7.38. The molecule has 0 saturated carbocycles. The van der Waals surface area contributed by atoms with Crippen LogP contribution in [0.15, 0.2) is 24.3 Å². The summed E-state index contributed by atoms with van der Waals surface area (Å²) >= 11 is 0. The van der Waals surface area contributed by atoms with Crippen molar-refractivity contribution in [3.63, 3.8) is 0 Å². The standard InChI is InChI=1S/C19H29N3O4S/c1-4-10-22(17-9-11-27(25,26)14-17)18(23)13-21(3)12-15-5-7-16(8-6-15)19(24)20-2/h5-8,17H,4,9-14H2,1-3H3,(H,20,24)/t17-/m0/s1. The Morgan fingerprint density at radius 1 is 1.22 bits per heavy atom. The number of hydrogen-bond acceptors (Lipinski definition) is 5. The molecule has 1 N–H and O–H groups in total. The third-order valence-electron chi connectivity index (χ3n) is 4.73. The molecule has 0 unspecified atom stereocenters. The molecule has 1 fully saturated rings. The van der Waals surface area contributed by atoms with E-state index in [1.807, 2.05) is 31.0 Å². The van der Waals surface area contributed by atoms with E-state index >= 15 is 0 Å². The van der Waals surface area contributed by atoms with Crippen LogP contribution >= 0.6 is 0 Å². The monoisotopic (exact) mass is 395 g/mol. The van der Waals surface area contributed by atoms with Gasteiger partial charge < -0.3 is 10.2 Å². The van der Waals surface area contributed by atoms with Crippen molar-refractivity contribution in [2.75, 3.05) is 38.7 Å². The second kappa shape index (κ2) is 9.32. The molecule has 0 radical (unpaired) electrons. The largest absolute Gasteiger partial charge is 0.355 e. The molecule has 7 nitrogen and oxygen atoms in total. The number of nitrogens with one attached hydrogen (secondary N) is 1. The van der Waals surface area contributed by atoms with Crippen molar-refractivity contribution in [2.45, 2.75) is 32.4 Å². The van der Waals surface area contributed by atoms with Crippen molar-refractivity contribution < 1.29 is 18.0 Å². The fourth-order valence-electron chi connectivity index (χ4n) is 3.37. The highest BCUT2D eigenvalue weighted by atomic mass is 32.2.